The number of sulfonamides is 1. The molecule has 2 heterocycles. The molecule has 1 atom stereocenters. The summed E-state index contributed by atoms with van der Waals surface area (Å²) in [5, 5.41) is 3.75. The summed E-state index contributed by atoms with van der Waals surface area (Å²) in [5.41, 5.74) is 8.24. The fourth-order valence-electron chi connectivity index (χ4n) is 11.3. The van der Waals surface area contributed by atoms with Crippen molar-refractivity contribution in [2.24, 2.45) is 16.2 Å². The largest absolute Gasteiger partial charge is 0.381 e. The summed E-state index contributed by atoms with van der Waals surface area (Å²) < 4.78 is 29.4. The Kier molecular flexibility index (Phi) is 13.1. The van der Waals surface area contributed by atoms with Gasteiger partial charge in [-0.2, -0.15) is 0 Å². The summed E-state index contributed by atoms with van der Waals surface area (Å²) in [6.07, 6.45) is 11.4. The average Bonchev–Trinajstić information content (AvgIpc) is 3.22. The molecule has 4 aliphatic carbocycles. The highest BCUT2D eigenvalue weighted by molar-refractivity contribution is 7.99. The molecule has 3 aromatic carbocycles. The van der Waals surface area contributed by atoms with Gasteiger partial charge in [-0.25, -0.2) is 13.1 Å². The van der Waals surface area contributed by atoms with Crippen molar-refractivity contribution in [3.8, 4) is 0 Å². The van der Waals surface area contributed by atoms with E-state index in [0.717, 1.165) is 81.5 Å². The highest BCUT2D eigenvalue weighted by Gasteiger charge is 2.66. The zero-order chi connectivity index (χ0) is 43.0. The predicted octanol–water partition coefficient (Wildman–Crippen LogP) is 8.92. The molecular weight excluding hydrogens is 797 g/mol. The van der Waals surface area contributed by atoms with Crippen LogP contribution in [0.25, 0.3) is 0 Å². The maximum atomic E-state index is 13.6. The fraction of sp³-hybridized carbons (Fsp3) is 0.580. The minimum Gasteiger partial charge on any atom is -0.381 e. The lowest BCUT2D eigenvalue weighted by Gasteiger charge is -2.72. The Balaban J connectivity index is 0.841. The number of anilines is 2. The molecule has 2 N–H and O–H groups in total. The Bertz CT molecular complexity index is 2140. The smallest absolute Gasteiger partial charge is 0.264 e. The first-order chi connectivity index (χ1) is 29.1. The van der Waals surface area contributed by atoms with Gasteiger partial charge in [0.1, 0.15) is 0 Å². The molecule has 2 bridgehead atoms. The topological polar surface area (TPSA) is 88.2 Å². The zero-order valence-corrected chi connectivity index (χ0v) is 39.3. The molecule has 0 spiro atoms. The van der Waals surface area contributed by atoms with E-state index in [1.54, 1.807) is 29.8 Å². The number of carbonyl (C=O) groups is 1. The number of thioether (sulfide) groups is 1. The summed E-state index contributed by atoms with van der Waals surface area (Å²) >= 11 is 1.84. The van der Waals surface area contributed by atoms with Crippen molar-refractivity contribution < 1.29 is 13.2 Å². The van der Waals surface area contributed by atoms with Crippen molar-refractivity contribution in [3.63, 3.8) is 0 Å². The molecule has 3 aromatic rings. The van der Waals surface area contributed by atoms with Crippen LogP contribution in [0.15, 0.2) is 93.7 Å². The predicted molar refractivity (Wildman–Crippen MR) is 252 cm³/mol. The summed E-state index contributed by atoms with van der Waals surface area (Å²) in [6.45, 7) is 17.6. The number of hydrogen-bond acceptors (Lipinski definition) is 9. The molecule has 330 valence electrons. The lowest BCUT2D eigenvalue weighted by molar-refractivity contribution is -0.167. The summed E-state index contributed by atoms with van der Waals surface area (Å²) in [7, 11) is 0.266. The maximum absolute atomic E-state index is 13.6. The molecule has 9 rings (SSSR count). The third-order valence-corrected chi connectivity index (χ3v) is 17.3. The van der Waals surface area contributed by atoms with Crippen LogP contribution in [0.2, 0.25) is 0 Å². The number of aryl methyl sites for hydroxylation is 1. The van der Waals surface area contributed by atoms with Gasteiger partial charge in [-0.1, -0.05) is 50.1 Å². The highest BCUT2D eigenvalue weighted by atomic mass is 32.2. The number of nitrogens with zero attached hydrogens (tertiary/aromatic N) is 4. The SMILES string of the molecule is Cc1cc(S(=O)(=O)NC(=O)c2ccc(N3CCN(CC4=C(C56CC(C)(C5)C6)CC(C)(C)CC4)CC3)cc2)ccc1N[C@H](CCN1CCC(N(C)C)CC1)CSc1ccccc1. The van der Waals surface area contributed by atoms with Crippen molar-refractivity contribution >= 4 is 39.1 Å². The number of amides is 1. The van der Waals surface area contributed by atoms with Gasteiger partial charge in [-0.15, -0.1) is 11.8 Å². The van der Waals surface area contributed by atoms with Gasteiger partial charge in [0.05, 0.1) is 4.90 Å². The summed E-state index contributed by atoms with van der Waals surface area (Å²) in [5.74, 6) is 0.266. The van der Waals surface area contributed by atoms with E-state index >= 15 is 0 Å². The van der Waals surface area contributed by atoms with E-state index in [1.807, 2.05) is 48.5 Å². The van der Waals surface area contributed by atoms with Crippen LogP contribution in [-0.2, 0) is 10.0 Å². The summed E-state index contributed by atoms with van der Waals surface area (Å²) in [4.78, 5) is 24.6. The molecule has 0 aromatic heterocycles. The maximum Gasteiger partial charge on any atom is 0.264 e. The second-order valence-electron chi connectivity index (χ2n) is 20.6. The molecule has 61 heavy (non-hydrogen) atoms. The van der Waals surface area contributed by atoms with Gasteiger partial charge in [-0.3, -0.25) is 9.69 Å². The van der Waals surface area contributed by atoms with Gasteiger partial charge < -0.3 is 20.0 Å². The Morgan fingerprint density at radius 1 is 0.885 bits per heavy atom. The molecule has 1 amide bonds. The number of rotatable bonds is 16. The van der Waals surface area contributed by atoms with E-state index in [2.05, 4.69) is 88.8 Å². The van der Waals surface area contributed by atoms with E-state index < -0.39 is 15.9 Å². The molecule has 2 aliphatic heterocycles. The molecule has 3 saturated carbocycles. The third kappa shape index (κ3) is 10.4. The number of carbonyl (C=O) groups excluding carboxylic acids is 1. The lowest BCUT2D eigenvalue weighted by atomic mass is 9.33. The van der Waals surface area contributed by atoms with Gasteiger partial charge in [0.15, 0.2) is 0 Å². The first kappa shape index (κ1) is 44.3. The minimum atomic E-state index is -4.09. The number of benzene rings is 3. The molecule has 6 aliphatic rings. The molecule has 2 saturated heterocycles. The normalized spacial score (nSPS) is 25.2. The number of allylic oxidation sites excluding steroid dienone is 1. The average molecular weight is 867 g/mol. The molecule has 11 heteroatoms. The highest BCUT2D eigenvalue weighted by Crippen LogP contribution is 2.77. The number of hydrogen-bond donors (Lipinski definition) is 2. The number of nitrogens with one attached hydrogen (secondary N) is 2. The van der Waals surface area contributed by atoms with Crippen LogP contribution in [-0.4, -0.2) is 113 Å². The molecular formula is C50H70N6O3S2. The van der Waals surface area contributed by atoms with Gasteiger partial charge in [0, 0.05) is 78.9 Å². The van der Waals surface area contributed by atoms with Gasteiger partial charge in [0.2, 0.25) is 0 Å². The number of likely N-dealkylation sites (tertiary alicyclic amines) is 1. The Labute approximate surface area is 371 Å². The zero-order valence-electron chi connectivity index (χ0n) is 37.6. The molecule has 0 unspecified atom stereocenters. The minimum absolute atomic E-state index is 0.0793. The monoisotopic (exact) mass is 866 g/mol. The van der Waals surface area contributed by atoms with E-state index in [4.69, 9.17) is 0 Å². The molecule has 5 fully saturated rings. The van der Waals surface area contributed by atoms with Crippen LogP contribution in [0.3, 0.4) is 0 Å². The van der Waals surface area contributed by atoms with Crippen LogP contribution in [0.1, 0.15) is 94.5 Å². The Hall–Kier alpha value is -3.35. The van der Waals surface area contributed by atoms with Crippen molar-refractivity contribution in [2.45, 2.75) is 107 Å². The second kappa shape index (κ2) is 18.0. The lowest BCUT2D eigenvalue weighted by Crippen LogP contribution is -2.61. The van der Waals surface area contributed by atoms with Gasteiger partial charge >= 0.3 is 0 Å². The quantitative estimate of drug-likeness (QED) is 0.108. The van der Waals surface area contributed by atoms with E-state index in [9.17, 15) is 13.2 Å². The van der Waals surface area contributed by atoms with Crippen LogP contribution in [0, 0.1) is 23.2 Å². The van der Waals surface area contributed by atoms with Gasteiger partial charge in [-0.05, 0) is 168 Å². The third-order valence-electron chi connectivity index (χ3n) is 14.8. The van der Waals surface area contributed by atoms with Crippen LogP contribution >= 0.6 is 11.8 Å². The van der Waals surface area contributed by atoms with Crippen LogP contribution in [0.5, 0.6) is 0 Å². The molecule has 9 nitrogen and oxygen atoms in total. The first-order valence-corrected chi connectivity index (χ1v) is 25.3. The van der Waals surface area contributed by atoms with Crippen molar-refractivity contribution in [2.75, 3.05) is 82.4 Å². The fourth-order valence-corrected chi connectivity index (χ4v) is 13.3. The first-order valence-electron chi connectivity index (χ1n) is 22.9. The van der Waals surface area contributed by atoms with Crippen LogP contribution < -0.4 is 14.9 Å². The Morgan fingerprint density at radius 3 is 2.21 bits per heavy atom. The van der Waals surface area contributed by atoms with Crippen molar-refractivity contribution in [1.82, 2.24) is 19.4 Å². The van der Waals surface area contributed by atoms with E-state index in [1.165, 1.54) is 56.3 Å². The number of piperidine rings is 1. The van der Waals surface area contributed by atoms with E-state index in [0.29, 0.717) is 27.9 Å². The number of piperazine rings is 1. The second-order valence-corrected chi connectivity index (χ2v) is 23.3. The van der Waals surface area contributed by atoms with Crippen molar-refractivity contribution in [3.05, 3.63) is 95.1 Å². The van der Waals surface area contributed by atoms with E-state index in [-0.39, 0.29) is 10.9 Å². The van der Waals surface area contributed by atoms with Gasteiger partial charge in [0.25, 0.3) is 15.9 Å². The molecule has 0 radical (unpaired) electrons. The standard InChI is InChI=1S/C50H70N6O3S2/c1-37-30-44(16-17-46(37)51-40(33-60-43-10-8-7-9-11-43)19-23-54-24-20-41(21-25-54)53(5)6)61(58,59)52-47(57)38-12-14-42(15-13-38)56-28-26-55(27-29-56)32-39-18-22-48(2,3)31-45(39)50-34-49(4,35-50)36-50/h7-17,30,40-41,51H,18-29,31-36H2,1-6H3,(H,52,57)/t40-,49?,50?/m1/s1. The van der Waals surface area contributed by atoms with Crippen LogP contribution in [0.4, 0.5) is 11.4 Å². The van der Waals surface area contributed by atoms with Crippen molar-refractivity contribution in [1.29, 1.82) is 0 Å². The Morgan fingerprint density at radius 2 is 1.57 bits per heavy atom. The summed E-state index contributed by atoms with van der Waals surface area (Å²) in [6, 6.07) is 23.8.